The molecule has 0 rings (SSSR count). The number of hydrogen-bond acceptors (Lipinski definition) is 5. The Kier molecular flexibility index (Phi) is 30.8. The van der Waals surface area contributed by atoms with Crippen LogP contribution in [0.2, 0.25) is 0 Å². The van der Waals surface area contributed by atoms with Crippen molar-refractivity contribution in [2.75, 3.05) is 32.8 Å². The molecule has 5 nitrogen and oxygen atoms in total. The predicted molar refractivity (Wildman–Crippen MR) is 166 cm³/mol. The Labute approximate surface area is 243 Å². The zero-order valence-corrected chi connectivity index (χ0v) is 26.3. The van der Waals surface area contributed by atoms with Gasteiger partial charge in [0.25, 0.3) is 0 Å². The van der Waals surface area contributed by atoms with Gasteiger partial charge in [0.1, 0.15) is 6.29 Å². The van der Waals surface area contributed by atoms with Gasteiger partial charge in [0.15, 0.2) is 0 Å². The Morgan fingerprint density at radius 3 is 1.74 bits per heavy atom. The van der Waals surface area contributed by atoms with Crippen molar-refractivity contribution in [2.45, 2.75) is 168 Å². The van der Waals surface area contributed by atoms with Crippen LogP contribution in [-0.4, -0.2) is 55.1 Å². The molecule has 0 bridgehead atoms. The summed E-state index contributed by atoms with van der Waals surface area (Å²) in [6.45, 7) is 8.23. The Hall–Kier alpha value is -0.940. The van der Waals surface area contributed by atoms with Crippen LogP contribution in [0.4, 0.5) is 0 Å². The average Bonchev–Trinajstić information content (AvgIpc) is 2.94. The van der Waals surface area contributed by atoms with E-state index >= 15 is 0 Å². The maximum atomic E-state index is 12.2. The highest BCUT2D eigenvalue weighted by atomic mass is 16.5. The normalized spacial score (nSPS) is 11.5. The third kappa shape index (κ3) is 28.4. The van der Waals surface area contributed by atoms with Crippen molar-refractivity contribution in [3.05, 3.63) is 0 Å². The quantitative estimate of drug-likeness (QED) is 0.0511. The summed E-state index contributed by atoms with van der Waals surface area (Å²) in [5.41, 5.74) is 0. The van der Waals surface area contributed by atoms with Crippen molar-refractivity contribution in [1.82, 2.24) is 4.90 Å². The van der Waals surface area contributed by atoms with Crippen molar-refractivity contribution in [3.63, 3.8) is 0 Å². The first kappa shape index (κ1) is 38.1. The lowest BCUT2D eigenvalue weighted by atomic mass is 9.91. The third-order valence-corrected chi connectivity index (χ3v) is 8.02. The molecule has 0 unspecified atom stereocenters. The minimum Gasteiger partial charge on any atom is -0.466 e. The lowest BCUT2D eigenvalue weighted by molar-refractivity contribution is -0.144. The summed E-state index contributed by atoms with van der Waals surface area (Å²) < 4.78 is 5.55. The van der Waals surface area contributed by atoms with Gasteiger partial charge in [0.05, 0.1) is 13.2 Å². The summed E-state index contributed by atoms with van der Waals surface area (Å²) in [6.07, 6.45) is 29.2. The van der Waals surface area contributed by atoms with Gasteiger partial charge in [-0.25, -0.2) is 0 Å². The molecule has 0 saturated carbocycles. The van der Waals surface area contributed by atoms with Crippen LogP contribution in [0, 0.1) is 5.92 Å². The van der Waals surface area contributed by atoms with Crippen molar-refractivity contribution in [1.29, 1.82) is 0 Å². The topological polar surface area (TPSA) is 66.8 Å². The largest absolute Gasteiger partial charge is 0.466 e. The van der Waals surface area contributed by atoms with E-state index in [1.165, 1.54) is 96.3 Å². The number of nitrogens with zero attached hydrogens (tertiary/aromatic N) is 1. The summed E-state index contributed by atoms with van der Waals surface area (Å²) in [4.78, 5) is 24.9. The second-order valence-electron chi connectivity index (χ2n) is 11.7. The Morgan fingerprint density at radius 2 is 1.18 bits per heavy atom. The summed E-state index contributed by atoms with van der Waals surface area (Å²) in [5.74, 6) is 0.794. The number of ether oxygens (including phenoxy) is 1. The van der Waals surface area contributed by atoms with Gasteiger partial charge >= 0.3 is 5.97 Å². The molecule has 0 radical (unpaired) electrons. The van der Waals surface area contributed by atoms with E-state index in [0.717, 1.165) is 76.8 Å². The maximum Gasteiger partial charge on any atom is 0.305 e. The minimum atomic E-state index is -0.0160. The highest BCUT2D eigenvalue weighted by Gasteiger charge is 2.10. The molecule has 0 aliphatic rings. The molecular weight excluding hydrogens is 486 g/mol. The van der Waals surface area contributed by atoms with Gasteiger partial charge in [0.2, 0.25) is 0 Å². The molecule has 0 saturated heterocycles. The Balaban J connectivity index is 3.80. The van der Waals surface area contributed by atoms with E-state index in [2.05, 4.69) is 18.7 Å². The van der Waals surface area contributed by atoms with Crippen LogP contribution in [0.3, 0.4) is 0 Å². The number of esters is 1. The van der Waals surface area contributed by atoms with Gasteiger partial charge < -0.3 is 19.5 Å². The molecule has 0 aliphatic carbocycles. The number of aliphatic hydroxyl groups excluding tert-OH is 1. The number of carbonyl (C=O) groups excluding carboxylic acids is 2. The molecule has 0 spiro atoms. The summed E-state index contributed by atoms with van der Waals surface area (Å²) in [5, 5.41) is 9.35. The number of aliphatic hydroxyl groups is 1. The summed E-state index contributed by atoms with van der Waals surface area (Å²) in [7, 11) is 0. The third-order valence-electron chi connectivity index (χ3n) is 8.02. The zero-order chi connectivity index (χ0) is 28.7. The second kappa shape index (κ2) is 31.6. The van der Waals surface area contributed by atoms with E-state index in [9.17, 15) is 14.7 Å². The first-order valence-corrected chi connectivity index (χ1v) is 17.1. The van der Waals surface area contributed by atoms with E-state index in [1.54, 1.807) is 0 Å². The van der Waals surface area contributed by atoms with Gasteiger partial charge in [-0.05, 0) is 57.5 Å². The number of carbonyl (C=O) groups is 2. The molecule has 1 N–H and O–H groups in total. The number of rotatable bonds is 32. The van der Waals surface area contributed by atoms with Gasteiger partial charge in [-0.1, -0.05) is 117 Å². The summed E-state index contributed by atoms with van der Waals surface area (Å²) >= 11 is 0. The van der Waals surface area contributed by atoms with Crippen LogP contribution in [0.15, 0.2) is 0 Å². The molecule has 0 amide bonds. The average molecular weight is 554 g/mol. The fourth-order valence-corrected chi connectivity index (χ4v) is 5.49. The van der Waals surface area contributed by atoms with Crippen LogP contribution in [0.1, 0.15) is 168 Å². The van der Waals surface area contributed by atoms with Crippen LogP contribution in [0.25, 0.3) is 0 Å². The van der Waals surface area contributed by atoms with Crippen molar-refractivity contribution in [2.24, 2.45) is 5.92 Å². The summed E-state index contributed by atoms with van der Waals surface area (Å²) in [6, 6.07) is 0. The fraction of sp³-hybridized carbons (Fsp3) is 0.941. The van der Waals surface area contributed by atoms with Gasteiger partial charge in [0, 0.05) is 19.4 Å². The lowest BCUT2D eigenvalue weighted by Crippen LogP contribution is -2.29. The van der Waals surface area contributed by atoms with E-state index < -0.39 is 0 Å². The van der Waals surface area contributed by atoms with E-state index in [0.29, 0.717) is 19.4 Å². The van der Waals surface area contributed by atoms with Crippen molar-refractivity contribution < 1.29 is 19.4 Å². The predicted octanol–water partition coefficient (Wildman–Crippen LogP) is 9.04. The lowest BCUT2D eigenvalue weighted by Gasteiger charge is -2.21. The molecule has 232 valence electrons. The first-order valence-electron chi connectivity index (χ1n) is 17.1. The Morgan fingerprint density at radius 1 is 0.667 bits per heavy atom. The fourth-order valence-electron chi connectivity index (χ4n) is 5.49. The minimum absolute atomic E-state index is 0.0160. The van der Waals surface area contributed by atoms with Crippen molar-refractivity contribution >= 4 is 12.3 Å². The molecule has 0 fully saturated rings. The van der Waals surface area contributed by atoms with E-state index in [-0.39, 0.29) is 12.6 Å². The number of aldehydes is 1. The van der Waals surface area contributed by atoms with Crippen LogP contribution in [-0.2, 0) is 14.3 Å². The molecule has 0 aromatic heterocycles. The van der Waals surface area contributed by atoms with Crippen LogP contribution in [0.5, 0.6) is 0 Å². The highest BCUT2D eigenvalue weighted by molar-refractivity contribution is 5.69. The molecular formula is C34H67NO4. The molecule has 0 aliphatic heterocycles. The van der Waals surface area contributed by atoms with Gasteiger partial charge in [-0.3, -0.25) is 4.79 Å². The smallest absolute Gasteiger partial charge is 0.305 e. The van der Waals surface area contributed by atoms with Crippen LogP contribution < -0.4 is 0 Å². The van der Waals surface area contributed by atoms with Gasteiger partial charge in [-0.2, -0.15) is 0 Å². The molecule has 0 aromatic rings. The highest BCUT2D eigenvalue weighted by Crippen LogP contribution is 2.23. The molecule has 0 atom stereocenters. The maximum absolute atomic E-state index is 12.2. The molecule has 39 heavy (non-hydrogen) atoms. The first-order chi connectivity index (χ1) is 19.2. The Bertz CT molecular complexity index is 501. The van der Waals surface area contributed by atoms with E-state index in [4.69, 9.17) is 4.74 Å². The molecule has 5 heteroatoms. The van der Waals surface area contributed by atoms with Gasteiger partial charge in [-0.15, -0.1) is 0 Å². The SMILES string of the molecule is CCCCCCC(CCCCCC)CCCOC(=O)CCCCCCCN(CCO)CCCCCCCC=O. The number of hydrogen-bond donors (Lipinski definition) is 1. The van der Waals surface area contributed by atoms with Crippen molar-refractivity contribution in [3.8, 4) is 0 Å². The molecule has 0 aromatic carbocycles. The zero-order valence-electron chi connectivity index (χ0n) is 26.3. The van der Waals surface area contributed by atoms with Crippen LogP contribution >= 0.6 is 0 Å². The number of unbranched alkanes of at least 4 members (excludes halogenated alkanes) is 15. The second-order valence-corrected chi connectivity index (χ2v) is 11.7. The van der Waals surface area contributed by atoms with E-state index in [1.807, 2.05) is 0 Å². The standard InChI is InChI=1S/C34H67NO4/c1-3-5-7-16-23-33(24-17-8-6-4-2)25-22-32-39-34(38)26-18-12-11-14-20-28-35(29-31-37)27-19-13-9-10-15-21-30-36/h30,33,37H,3-29,31-32H2,1-2H3. The monoisotopic (exact) mass is 554 g/mol. The molecule has 0 heterocycles.